The van der Waals surface area contributed by atoms with Gasteiger partial charge in [-0.3, -0.25) is 0 Å². The van der Waals surface area contributed by atoms with Crippen LogP contribution in [-0.2, 0) is 16.2 Å². The van der Waals surface area contributed by atoms with Gasteiger partial charge in [-0.2, -0.15) is 0 Å². The topological polar surface area (TPSA) is 30.8 Å². The smallest absolute Gasteiger partial charge is 0.161 e. The van der Waals surface area contributed by atoms with Crippen LogP contribution in [0.25, 0.3) is 0 Å². The number of rotatable bonds is 4. The Kier molecular flexibility index (Phi) is 3.33. The van der Waals surface area contributed by atoms with E-state index in [-0.39, 0.29) is 12.2 Å². The van der Waals surface area contributed by atoms with Crippen molar-refractivity contribution in [1.82, 2.24) is 0 Å². The molecule has 1 fully saturated rings. The molecule has 18 heavy (non-hydrogen) atoms. The first-order valence-electron chi connectivity index (χ1n) is 6.72. The lowest BCUT2D eigenvalue weighted by molar-refractivity contribution is -0.0715. The summed E-state index contributed by atoms with van der Waals surface area (Å²) in [5.41, 5.74) is 2.45. The second kappa shape index (κ2) is 5.11. The van der Waals surface area contributed by atoms with Crippen LogP contribution in [0.1, 0.15) is 31.7 Å². The molecule has 0 unspecified atom stereocenters. The van der Waals surface area contributed by atoms with Gasteiger partial charge in [-0.05, 0) is 31.7 Å². The number of fused-ring (bicyclic) bond motifs is 1. The highest BCUT2D eigenvalue weighted by atomic mass is 16.7. The molecule has 0 aromatic heterocycles. The summed E-state index contributed by atoms with van der Waals surface area (Å²) in [5.74, 6) is 0.496. The van der Waals surface area contributed by atoms with E-state index in [1.165, 1.54) is 24.1 Å². The fourth-order valence-corrected chi connectivity index (χ4v) is 2.83. The molecule has 0 N–H and O–H groups in total. The molecule has 2 aliphatic rings. The van der Waals surface area contributed by atoms with E-state index < -0.39 is 0 Å². The lowest BCUT2D eigenvalue weighted by Crippen LogP contribution is -2.32. The van der Waals surface area contributed by atoms with Crippen molar-refractivity contribution in [3.63, 3.8) is 0 Å². The standard InChI is InChI=1S/C15H19NO2/c1-11(17-10-12-6-3-2-4-7-12)15-13-8-5-9-14(13)16-18-15/h2-4,6-7,11,13,15H,5,8-10H2,1H3/t11-,13-,15-/m0/s1. The largest absolute Gasteiger partial charge is 0.389 e. The Bertz CT molecular complexity index is 429. The summed E-state index contributed by atoms with van der Waals surface area (Å²) in [7, 11) is 0. The Morgan fingerprint density at radius 3 is 3.06 bits per heavy atom. The minimum atomic E-state index is 0.0922. The Morgan fingerprint density at radius 1 is 1.39 bits per heavy atom. The molecule has 3 heteroatoms. The highest BCUT2D eigenvalue weighted by Gasteiger charge is 2.40. The van der Waals surface area contributed by atoms with Gasteiger partial charge in [-0.25, -0.2) is 0 Å². The van der Waals surface area contributed by atoms with Gasteiger partial charge in [0.05, 0.1) is 18.4 Å². The molecule has 1 aromatic rings. The van der Waals surface area contributed by atoms with Crippen LogP contribution in [0.15, 0.2) is 35.5 Å². The number of benzene rings is 1. The van der Waals surface area contributed by atoms with Crippen molar-refractivity contribution in [3.8, 4) is 0 Å². The molecule has 0 radical (unpaired) electrons. The molecule has 1 aliphatic heterocycles. The molecule has 0 amide bonds. The van der Waals surface area contributed by atoms with Crippen molar-refractivity contribution >= 4 is 5.71 Å². The third-order valence-electron chi connectivity index (χ3n) is 3.88. The molecule has 1 heterocycles. The van der Waals surface area contributed by atoms with Crippen LogP contribution in [0.2, 0.25) is 0 Å². The number of nitrogens with zero attached hydrogens (tertiary/aromatic N) is 1. The molecule has 3 rings (SSSR count). The summed E-state index contributed by atoms with van der Waals surface area (Å²) in [5, 5.41) is 4.19. The highest BCUT2D eigenvalue weighted by Crippen LogP contribution is 2.34. The number of oxime groups is 1. The predicted octanol–water partition coefficient (Wildman–Crippen LogP) is 3.15. The maximum atomic E-state index is 5.92. The summed E-state index contributed by atoms with van der Waals surface area (Å²) < 4.78 is 5.92. The predicted molar refractivity (Wildman–Crippen MR) is 70.3 cm³/mol. The zero-order valence-electron chi connectivity index (χ0n) is 10.7. The first-order chi connectivity index (χ1) is 8.84. The van der Waals surface area contributed by atoms with Gasteiger partial charge in [0.2, 0.25) is 0 Å². The summed E-state index contributed by atoms with van der Waals surface area (Å²) in [6.45, 7) is 2.73. The first kappa shape index (κ1) is 11.7. The molecular formula is C15H19NO2. The first-order valence-corrected chi connectivity index (χ1v) is 6.72. The zero-order chi connectivity index (χ0) is 12.4. The second-order valence-electron chi connectivity index (χ2n) is 5.15. The molecular weight excluding hydrogens is 226 g/mol. The SMILES string of the molecule is C[C@H](OCc1ccccc1)[C@@H]1ON=C2CCC[C@@H]21. The number of ether oxygens (including phenoxy) is 1. The van der Waals surface area contributed by atoms with Gasteiger partial charge in [0.1, 0.15) is 0 Å². The normalized spacial score (nSPS) is 27.5. The van der Waals surface area contributed by atoms with Crippen molar-refractivity contribution in [2.45, 2.75) is 45.0 Å². The summed E-state index contributed by atoms with van der Waals surface area (Å²) in [6.07, 6.45) is 3.75. The molecule has 1 aromatic carbocycles. The van der Waals surface area contributed by atoms with Crippen LogP contribution in [0.4, 0.5) is 0 Å². The highest BCUT2D eigenvalue weighted by molar-refractivity contribution is 5.89. The van der Waals surface area contributed by atoms with E-state index in [9.17, 15) is 0 Å². The Balaban J connectivity index is 1.55. The summed E-state index contributed by atoms with van der Waals surface area (Å²) in [4.78, 5) is 5.53. The van der Waals surface area contributed by atoms with Crippen molar-refractivity contribution in [3.05, 3.63) is 35.9 Å². The van der Waals surface area contributed by atoms with E-state index in [1.807, 2.05) is 18.2 Å². The van der Waals surface area contributed by atoms with Crippen LogP contribution in [0.5, 0.6) is 0 Å². The van der Waals surface area contributed by atoms with Crippen molar-refractivity contribution in [1.29, 1.82) is 0 Å². The Morgan fingerprint density at radius 2 is 2.22 bits per heavy atom. The molecule has 0 saturated heterocycles. The molecule has 96 valence electrons. The van der Waals surface area contributed by atoms with Gasteiger partial charge in [-0.1, -0.05) is 35.5 Å². The van der Waals surface area contributed by atoms with Gasteiger partial charge in [0.15, 0.2) is 6.10 Å². The average molecular weight is 245 g/mol. The molecule has 3 atom stereocenters. The van der Waals surface area contributed by atoms with E-state index in [1.54, 1.807) is 0 Å². The van der Waals surface area contributed by atoms with Gasteiger partial charge >= 0.3 is 0 Å². The van der Waals surface area contributed by atoms with Gasteiger partial charge in [-0.15, -0.1) is 0 Å². The minimum absolute atomic E-state index is 0.0922. The lowest BCUT2D eigenvalue weighted by atomic mass is 9.96. The van der Waals surface area contributed by atoms with E-state index in [0.717, 1.165) is 6.42 Å². The maximum absolute atomic E-state index is 5.92. The summed E-state index contributed by atoms with van der Waals surface area (Å²) in [6, 6.07) is 10.3. The van der Waals surface area contributed by atoms with Crippen LogP contribution in [-0.4, -0.2) is 17.9 Å². The van der Waals surface area contributed by atoms with E-state index in [2.05, 4.69) is 24.2 Å². The van der Waals surface area contributed by atoms with Crippen molar-refractivity contribution in [2.75, 3.05) is 0 Å². The fraction of sp³-hybridized carbons (Fsp3) is 0.533. The molecule has 3 nitrogen and oxygen atoms in total. The van der Waals surface area contributed by atoms with Crippen LogP contribution in [0.3, 0.4) is 0 Å². The third-order valence-corrected chi connectivity index (χ3v) is 3.88. The molecule has 0 spiro atoms. The fourth-order valence-electron chi connectivity index (χ4n) is 2.83. The van der Waals surface area contributed by atoms with Crippen LogP contribution < -0.4 is 0 Å². The quantitative estimate of drug-likeness (QED) is 0.816. The van der Waals surface area contributed by atoms with Gasteiger partial charge < -0.3 is 9.57 Å². The Hall–Kier alpha value is -1.35. The van der Waals surface area contributed by atoms with Crippen molar-refractivity contribution < 1.29 is 9.57 Å². The lowest BCUT2D eigenvalue weighted by Gasteiger charge is -2.22. The maximum Gasteiger partial charge on any atom is 0.161 e. The van der Waals surface area contributed by atoms with Gasteiger partial charge in [0.25, 0.3) is 0 Å². The monoisotopic (exact) mass is 245 g/mol. The third kappa shape index (κ3) is 2.27. The van der Waals surface area contributed by atoms with Crippen molar-refractivity contribution in [2.24, 2.45) is 11.1 Å². The van der Waals surface area contributed by atoms with Gasteiger partial charge in [0, 0.05) is 5.92 Å². The number of hydrogen-bond donors (Lipinski definition) is 0. The molecule has 1 aliphatic carbocycles. The van der Waals surface area contributed by atoms with Crippen LogP contribution in [0, 0.1) is 5.92 Å². The van der Waals surface area contributed by atoms with Crippen LogP contribution >= 0.6 is 0 Å². The zero-order valence-corrected chi connectivity index (χ0v) is 10.7. The second-order valence-corrected chi connectivity index (χ2v) is 5.15. The number of hydrogen-bond acceptors (Lipinski definition) is 3. The summed E-state index contributed by atoms with van der Waals surface area (Å²) >= 11 is 0. The van der Waals surface area contributed by atoms with E-state index in [0.29, 0.717) is 12.5 Å². The Labute approximate surface area is 108 Å². The molecule has 1 saturated carbocycles. The molecule has 0 bridgehead atoms. The van der Waals surface area contributed by atoms with E-state index >= 15 is 0 Å². The average Bonchev–Trinajstić information content (AvgIpc) is 2.99. The van der Waals surface area contributed by atoms with E-state index in [4.69, 9.17) is 9.57 Å². The minimum Gasteiger partial charge on any atom is -0.389 e.